The van der Waals surface area contributed by atoms with E-state index in [9.17, 15) is 4.39 Å². The number of aryl methyl sites for hydroxylation is 1. The van der Waals surface area contributed by atoms with Gasteiger partial charge in [-0.15, -0.1) is 0 Å². The molecule has 1 N–H and O–H groups in total. The summed E-state index contributed by atoms with van der Waals surface area (Å²) >= 11 is 5.68. The summed E-state index contributed by atoms with van der Waals surface area (Å²) in [6.07, 6.45) is 0. The molecule has 0 bridgehead atoms. The highest BCUT2D eigenvalue weighted by molar-refractivity contribution is 6.30. The SMILES string of the molecule is Cc1ccc(Oc2ccc(Cl)c(F)c2)c(CNC(C)C)c1. The maximum Gasteiger partial charge on any atom is 0.145 e. The fourth-order valence-electron chi connectivity index (χ4n) is 1.93. The molecule has 0 heterocycles. The van der Waals surface area contributed by atoms with Crippen LogP contribution in [0.3, 0.4) is 0 Å². The van der Waals surface area contributed by atoms with E-state index in [1.165, 1.54) is 12.1 Å². The topological polar surface area (TPSA) is 21.3 Å². The van der Waals surface area contributed by atoms with E-state index in [1.54, 1.807) is 6.07 Å². The molecule has 2 nitrogen and oxygen atoms in total. The summed E-state index contributed by atoms with van der Waals surface area (Å²) in [7, 11) is 0. The van der Waals surface area contributed by atoms with Gasteiger partial charge in [0.15, 0.2) is 0 Å². The quantitative estimate of drug-likeness (QED) is 0.832. The minimum Gasteiger partial charge on any atom is -0.457 e. The third-order valence-corrected chi connectivity index (χ3v) is 3.34. The summed E-state index contributed by atoms with van der Waals surface area (Å²) in [4.78, 5) is 0. The van der Waals surface area contributed by atoms with Gasteiger partial charge in [-0.05, 0) is 25.1 Å². The second-order valence-corrected chi connectivity index (χ2v) is 5.73. The van der Waals surface area contributed by atoms with Gasteiger partial charge in [-0.2, -0.15) is 0 Å². The first-order valence-electron chi connectivity index (χ1n) is 6.91. The van der Waals surface area contributed by atoms with Crippen molar-refractivity contribution in [1.82, 2.24) is 5.32 Å². The number of nitrogens with one attached hydrogen (secondary N) is 1. The highest BCUT2D eigenvalue weighted by Crippen LogP contribution is 2.28. The predicted molar refractivity (Wildman–Crippen MR) is 84.6 cm³/mol. The molecule has 0 unspecified atom stereocenters. The van der Waals surface area contributed by atoms with Gasteiger partial charge in [-0.25, -0.2) is 4.39 Å². The Bertz CT molecular complexity index is 628. The Morgan fingerprint density at radius 3 is 2.62 bits per heavy atom. The highest BCUT2D eigenvalue weighted by atomic mass is 35.5. The van der Waals surface area contributed by atoms with Crippen LogP contribution >= 0.6 is 11.6 Å². The molecular formula is C17H19ClFNO. The van der Waals surface area contributed by atoms with E-state index in [-0.39, 0.29) is 5.02 Å². The van der Waals surface area contributed by atoms with E-state index >= 15 is 0 Å². The summed E-state index contributed by atoms with van der Waals surface area (Å²) in [6.45, 7) is 6.91. The van der Waals surface area contributed by atoms with Crippen LogP contribution in [0.1, 0.15) is 25.0 Å². The third kappa shape index (κ3) is 4.45. The molecule has 4 heteroatoms. The second-order valence-electron chi connectivity index (χ2n) is 5.32. The fraction of sp³-hybridized carbons (Fsp3) is 0.294. The van der Waals surface area contributed by atoms with Crippen LogP contribution in [0, 0.1) is 12.7 Å². The summed E-state index contributed by atoms with van der Waals surface area (Å²) in [6, 6.07) is 10.8. The Kier molecular flexibility index (Phi) is 5.21. The van der Waals surface area contributed by atoms with Crippen LogP contribution in [0.4, 0.5) is 4.39 Å². The molecule has 0 saturated heterocycles. The minimum absolute atomic E-state index is 0.0907. The second kappa shape index (κ2) is 6.92. The molecule has 0 radical (unpaired) electrons. The van der Waals surface area contributed by atoms with Gasteiger partial charge in [0.2, 0.25) is 0 Å². The van der Waals surface area contributed by atoms with Gasteiger partial charge in [0.25, 0.3) is 0 Å². The lowest BCUT2D eigenvalue weighted by Crippen LogP contribution is -2.22. The molecule has 21 heavy (non-hydrogen) atoms. The van der Waals surface area contributed by atoms with E-state index in [2.05, 4.69) is 25.2 Å². The van der Waals surface area contributed by atoms with E-state index in [4.69, 9.17) is 16.3 Å². The lowest BCUT2D eigenvalue weighted by atomic mass is 10.1. The summed E-state index contributed by atoms with van der Waals surface area (Å²) < 4.78 is 19.3. The van der Waals surface area contributed by atoms with Gasteiger partial charge in [0.05, 0.1) is 5.02 Å². The van der Waals surface area contributed by atoms with Crippen molar-refractivity contribution in [3.05, 3.63) is 58.4 Å². The molecule has 0 aliphatic heterocycles. The molecule has 112 valence electrons. The number of ether oxygens (including phenoxy) is 1. The summed E-state index contributed by atoms with van der Waals surface area (Å²) in [5.41, 5.74) is 2.20. The van der Waals surface area contributed by atoms with E-state index in [0.717, 1.165) is 16.9 Å². The Hall–Kier alpha value is -1.58. The molecule has 0 aliphatic carbocycles. The van der Waals surface area contributed by atoms with Crippen LogP contribution in [0.25, 0.3) is 0 Å². The average Bonchev–Trinajstić information content (AvgIpc) is 2.43. The molecule has 2 aromatic rings. The first-order valence-corrected chi connectivity index (χ1v) is 7.29. The smallest absolute Gasteiger partial charge is 0.145 e. The Labute approximate surface area is 129 Å². The Morgan fingerprint density at radius 1 is 1.19 bits per heavy atom. The molecule has 0 saturated carbocycles. The van der Waals surface area contributed by atoms with E-state index < -0.39 is 5.82 Å². The van der Waals surface area contributed by atoms with Crippen molar-refractivity contribution in [1.29, 1.82) is 0 Å². The van der Waals surface area contributed by atoms with Crippen LogP contribution in [0.5, 0.6) is 11.5 Å². The van der Waals surface area contributed by atoms with Gasteiger partial charge in [0, 0.05) is 24.2 Å². The molecule has 0 aromatic heterocycles. The highest BCUT2D eigenvalue weighted by Gasteiger charge is 2.08. The molecule has 0 aliphatic rings. The number of benzene rings is 2. The van der Waals surface area contributed by atoms with Crippen molar-refractivity contribution < 1.29 is 9.13 Å². The van der Waals surface area contributed by atoms with Crippen molar-refractivity contribution in [2.24, 2.45) is 0 Å². The van der Waals surface area contributed by atoms with Gasteiger partial charge >= 0.3 is 0 Å². The van der Waals surface area contributed by atoms with E-state index in [1.807, 2.05) is 19.1 Å². The monoisotopic (exact) mass is 307 g/mol. The minimum atomic E-state index is -0.483. The lowest BCUT2D eigenvalue weighted by molar-refractivity contribution is 0.464. The number of halogens is 2. The first-order chi connectivity index (χ1) is 9.95. The zero-order valence-electron chi connectivity index (χ0n) is 12.4. The number of hydrogen-bond acceptors (Lipinski definition) is 2. The number of hydrogen-bond donors (Lipinski definition) is 1. The van der Waals surface area contributed by atoms with Crippen molar-refractivity contribution in [2.75, 3.05) is 0 Å². The maximum atomic E-state index is 13.5. The van der Waals surface area contributed by atoms with Crippen LogP contribution in [-0.2, 0) is 6.54 Å². The van der Waals surface area contributed by atoms with E-state index in [0.29, 0.717) is 18.3 Å². The normalized spacial score (nSPS) is 11.0. The predicted octanol–water partition coefficient (Wildman–Crippen LogP) is 5.08. The fourth-order valence-corrected chi connectivity index (χ4v) is 2.04. The lowest BCUT2D eigenvalue weighted by Gasteiger charge is -2.14. The van der Waals surface area contributed by atoms with Crippen molar-refractivity contribution in [3.8, 4) is 11.5 Å². The Balaban J connectivity index is 2.23. The zero-order valence-corrected chi connectivity index (χ0v) is 13.2. The van der Waals surface area contributed by atoms with Gasteiger partial charge in [-0.1, -0.05) is 43.1 Å². The van der Waals surface area contributed by atoms with Crippen LogP contribution < -0.4 is 10.1 Å². The van der Waals surface area contributed by atoms with Crippen molar-refractivity contribution in [2.45, 2.75) is 33.4 Å². The average molecular weight is 308 g/mol. The van der Waals surface area contributed by atoms with Gasteiger partial charge < -0.3 is 10.1 Å². The van der Waals surface area contributed by atoms with Crippen LogP contribution in [0.15, 0.2) is 36.4 Å². The van der Waals surface area contributed by atoms with Crippen LogP contribution in [-0.4, -0.2) is 6.04 Å². The maximum absolute atomic E-state index is 13.5. The number of rotatable bonds is 5. The summed E-state index contributed by atoms with van der Waals surface area (Å²) in [5, 5.41) is 3.45. The molecule has 0 fully saturated rings. The van der Waals surface area contributed by atoms with Crippen LogP contribution in [0.2, 0.25) is 5.02 Å². The zero-order chi connectivity index (χ0) is 15.4. The molecule has 2 rings (SSSR count). The Morgan fingerprint density at radius 2 is 1.95 bits per heavy atom. The standard InChI is InChI=1S/C17H19ClFNO/c1-11(2)20-10-13-8-12(3)4-7-17(13)21-14-5-6-15(18)16(19)9-14/h4-9,11,20H,10H2,1-3H3. The summed E-state index contributed by atoms with van der Waals surface area (Å²) in [5.74, 6) is 0.671. The molecule has 0 spiro atoms. The van der Waals surface area contributed by atoms with Gasteiger partial charge in [-0.3, -0.25) is 0 Å². The van der Waals surface area contributed by atoms with Crippen molar-refractivity contribution >= 4 is 11.6 Å². The third-order valence-electron chi connectivity index (χ3n) is 3.04. The molecule has 0 atom stereocenters. The molecule has 0 amide bonds. The largest absolute Gasteiger partial charge is 0.457 e. The first kappa shape index (κ1) is 15.8. The molecule has 2 aromatic carbocycles. The molecular weight excluding hydrogens is 289 g/mol. The van der Waals surface area contributed by atoms with Crippen molar-refractivity contribution in [3.63, 3.8) is 0 Å². The van der Waals surface area contributed by atoms with Gasteiger partial charge in [0.1, 0.15) is 17.3 Å².